The highest BCUT2D eigenvalue weighted by Gasteiger charge is 2.16. The van der Waals surface area contributed by atoms with Crippen LogP contribution in [0.2, 0.25) is 0 Å². The maximum atomic E-state index is 11.5. The first kappa shape index (κ1) is 11.7. The molecular formula is C10H18N4O. The van der Waals surface area contributed by atoms with Crippen LogP contribution in [0.3, 0.4) is 0 Å². The molecule has 0 aliphatic carbocycles. The van der Waals surface area contributed by atoms with Crippen molar-refractivity contribution in [2.24, 2.45) is 11.7 Å². The number of nitrogens with zero attached hydrogens (tertiary/aromatic N) is 1. The number of aromatic nitrogens is 2. The predicted molar refractivity (Wildman–Crippen MR) is 58.1 cm³/mol. The summed E-state index contributed by atoms with van der Waals surface area (Å²) in [5.74, 6) is 0.0710. The molecule has 0 aliphatic rings. The number of nitrogens with two attached hydrogens (primary N) is 1. The number of nitrogens with one attached hydrogen (secondary N) is 2. The first-order valence-corrected chi connectivity index (χ1v) is 5.12. The van der Waals surface area contributed by atoms with Crippen molar-refractivity contribution in [3.63, 3.8) is 0 Å². The van der Waals surface area contributed by atoms with Crippen LogP contribution in [0.1, 0.15) is 19.5 Å². The molecule has 0 spiro atoms. The molecule has 0 aliphatic heterocycles. The molecule has 15 heavy (non-hydrogen) atoms. The van der Waals surface area contributed by atoms with Gasteiger partial charge >= 0.3 is 0 Å². The summed E-state index contributed by atoms with van der Waals surface area (Å²) in [5, 5.41) is 2.79. The van der Waals surface area contributed by atoms with Crippen LogP contribution in [0.4, 0.5) is 0 Å². The number of hydrogen-bond donors (Lipinski definition) is 3. The topological polar surface area (TPSA) is 83.8 Å². The Balaban J connectivity index is 2.23. The number of amides is 1. The minimum atomic E-state index is -0.424. The lowest BCUT2D eigenvalue weighted by atomic mass is 10.1. The molecule has 0 bridgehead atoms. The number of carbonyl (C=O) groups excluding carboxylic acids is 1. The largest absolute Gasteiger partial charge is 0.354 e. The van der Waals surface area contributed by atoms with E-state index in [0.717, 1.165) is 12.1 Å². The van der Waals surface area contributed by atoms with Crippen LogP contribution in [0.5, 0.6) is 0 Å². The van der Waals surface area contributed by atoms with Crippen molar-refractivity contribution in [3.05, 3.63) is 18.2 Å². The first-order valence-electron chi connectivity index (χ1n) is 5.12. The summed E-state index contributed by atoms with van der Waals surface area (Å²) in [7, 11) is 0. The molecule has 1 heterocycles. The van der Waals surface area contributed by atoms with Gasteiger partial charge in [0, 0.05) is 24.9 Å². The Morgan fingerprint density at radius 2 is 2.40 bits per heavy atom. The third kappa shape index (κ3) is 3.71. The highest BCUT2D eigenvalue weighted by Crippen LogP contribution is 1.98. The summed E-state index contributed by atoms with van der Waals surface area (Å²) < 4.78 is 0. The molecule has 84 valence electrons. The van der Waals surface area contributed by atoms with Gasteiger partial charge in [0.25, 0.3) is 0 Å². The second kappa shape index (κ2) is 5.50. The smallest absolute Gasteiger partial charge is 0.237 e. The molecular weight excluding hydrogens is 192 g/mol. The van der Waals surface area contributed by atoms with Crippen molar-refractivity contribution in [3.8, 4) is 0 Å². The lowest BCUT2D eigenvalue weighted by Gasteiger charge is -2.14. The molecule has 0 unspecified atom stereocenters. The van der Waals surface area contributed by atoms with Gasteiger partial charge < -0.3 is 16.0 Å². The molecule has 0 saturated heterocycles. The number of rotatable bonds is 5. The molecule has 1 aromatic rings. The minimum absolute atomic E-state index is 0.0930. The molecule has 0 saturated carbocycles. The number of aromatic amines is 1. The van der Waals surface area contributed by atoms with E-state index in [1.807, 2.05) is 13.8 Å². The van der Waals surface area contributed by atoms with Gasteiger partial charge in [-0.2, -0.15) is 0 Å². The van der Waals surface area contributed by atoms with Gasteiger partial charge in [-0.25, -0.2) is 4.98 Å². The second-order valence-electron chi connectivity index (χ2n) is 3.89. The van der Waals surface area contributed by atoms with Gasteiger partial charge in [0.1, 0.15) is 0 Å². The van der Waals surface area contributed by atoms with Crippen LogP contribution in [-0.2, 0) is 11.2 Å². The van der Waals surface area contributed by atoms with E-state index in [-0.39, 0.29) is 11.8 Å². The van der Waals surface area contributed by atoms with E-state index in [9.17, 15) is 4.79 Å². The normalized spacial score (nSPS) is 12.8. The maximum absolute atomic E-state index is 11.5. The molecule has 0 radical (unpaired) electrons. The van der Waals surface area contributed by atoms with Gasteiger partial charge in [0.05, 0.1) is 12.4 Å². The highest BCUT2D eigenvalue weighted by atomic mass is 16.2. The number of carbonyl (C=O) groups is 1. The van der Waals surface area contributed by atoms with Crippen molar-refractivity contribution in [1.82, 2.24) is 15.3 Å². The summed E-state index contributed by atoms with van der Waals surface area (Å²) in [6, 6.07) is -0.424. The maximum Gasteiger partial charge on any atom is 0.237 e. The fourth-order valence-corrected chi connectivity index (χ4v) is 1.16. The van der Waals surface area contributed by atoms with Crippen molar-refractivity contribution < 1.29 is 4.79 Å². The number of imidazole rings is 1. The molecule has 1 rings (SSSR count). The van der Waals surface area contributed by atoms with Crippen LogP contribution in [0, 0.1) is 5.92 Å². The van der Waals surface area contributed by atoms with Crippen molar-refractivity contribution in [2.45, 2.75) is 26.3 Å². The zero-order valence-corrected chi connectivity index (χ0v) is 9.16. The van der Waals surface area contributed by atoms with Gasteiger partial charge in [-0.1, -0.05) is 13.8 Å². The molecule has 1 aromatic heterocycles. The quantitative estimate of drug-likeness (QED) is 0.642. The molecule has 1 atom stereocenters. The van der Waals surface area contributed by atoms with Gasteiger partial charge in [-0.15, -0.1) is 0 Å². The third-order valence-electron chi connectivity index (χ3n) is 2.27. The number of hydrogen-bond acceptors (Lipinski definition) is 3. The summed E-state index contributed by atoms with van der Waals surface area (Å²) in [6.07, 6.45) is 4.11. The molecule has 4 N–H and O–H groups in total. The summed E-state index contributed by atoms with van der Waals surface area (Å²) >= 11 is 0. The zero-order valence-electron chi connectivity index (χ0n) is 9.16. The average Bonchev–Trinajstić information content (AvgIpc) is 2.69. The van der Waals surface area contributed by atoms with Gasteiger partial charge in [-0.05, 0) is 5.92 Å². The fraction of sp³-hybridized carbons (Fsp3) is 0.600. The van der Waals surface area contributed by atoms with Crippen molar-refractivity contribution >= 4 is 5.91 Å². The van der Waals surface area contributed by atoms with E-state index >= 15 is 0 Å². The molecule has 5 nitrogen and oxygen atoms in total. The Morgan fingerprint density at radius 3 is 2.93 bits per heavy atom. The van der Waals surface area contributed by atoms with Gasteiger partial charge in [-0.3, -0.25) is 4.79 Å². The van der Waals surface area contributed by atoms with E-state index in [1.165, 1.54) is 0 Å². The van der Waals surface area contributed by atoms with E-state index < -0.39 is 6.04 Å². The first-order chi connectivity index (χ1) is 7.11. The molecule has 0 fully saturated rings. The highest BCUT2D eigenvalue weighted by molar-refractivity contribution is 5.81. The lowest BCUT2D eigenvalue weighted by Crippen LogP contribution is -2.44. The fourth-order valence-electron chi connectivity index (χ4n) is 1.16. The summed E-state index contributed by atoms with van der Waals surface area (Å²) in [6.45, 7) is 4.44. The van der Waals surface area contributed by atoms with E-state index in [1.54, 1.807) is 12.5 Å². The number of H-pyrrole nitrogens is 1. The monoisotopic (exact) mass is 210 g/mol. The van der Waals surface area contributed by atoms with Crippen LogP contribution in [0.15, 0.2) is 12.5 Å². The molecule has 5 heteroatoms. The van der Waals surface area contributed by atoms with Crippen molar-refractivity contribution in [1.29, 1.82) is 0 Å². The van der Waals surface area contributed by atoms with E-state index in [0.29, 0.717) is 6.54 Å². The van der Waals surface area contributed by atoms with Crippen LogP contribution in [0.25, 0.3) is 0 Å². The lowest BCUT2D eigenvalue weighted by molar-refractivity contribution is -0.123. The van der Waals surface area contributed by atoms with Crippen molar-refractivity contribution in [2.75, 3.05) is 6.54 Å². The Morgan fingerprint density at radius 1 is 1.67 bits per heavy atom. The predicted octanol–water partition coefficient (Wildman–Crippen LogP) is 0.0517. The van der Waals surface area contributed by atoms with Crippen LogP contribution in [-0.4, -0.2) is 28.5 Å². The SMILES string of the molecule is CC(C)[C@@H](N)C(=O)NCCc1cnc[nH]1. The second-order valence-corrected chi connectivity index (χ2v) is 3.89. The Labute approximate surface area is 89.5 Å². The molecule has 0 aromatic carbocycles. The molecule has 1 amide bonds. The Bertz CT molecular complexity index is 294. The van der Waals surface area contributed by atoms with Gasteiger partial charge in [0.2, 0.25) is 5.91 Å². The Kier molecular flexibility index (Phi) is 4.30. The van der Waals surface area contributed by atoms with E-state index in [2.05, 4.69) is 15.3 Å². The van der Waals surface area contributed by atoms with Gasteiger partial charge in [0.15, 0.2) is 0 Å². The van der Waals surface area contributed by atoms with E-state index in [4.69, 9.17) is 5.73 Å². The third-order valence-corrected chi connectivity index (χ3v) is 2.27. The zero-order chi connectivity index (χ0) is 11.3. The summed E-state index contributed by atoms with van der Waals surface area (Å²) in [5.41, 5.74) is 6.70. The summed E-state index contributed by atoms with van der Waals surface area (Å²) in [4.78, 5) is 18.3. The Hall–Kier alpha value is -1.36. The minimum Gasteiger partial charge on any atom is -0.354 e. The average molecular weight is 210 g/mol. The standard InChI is InChI=1S/C10H18N4O/c1-7(2)9(11)10(15)13-4-3-8-5-12-6-14-8/h5-7,9H,3-4,11H2,1-2H3,(H,12,14)(H,13,15)/t9-/m1/s1. The van der Waals surface area contributed by atoms with Crippen LogP contribution < -0.4 is 11.1 Å². The van der Waals surface area contributed by atoms with Crippen LogP contribution >= 0.6 is 0 Å².